The lowest BCUT2D eigenvalue weighted by atomic mass is 10.2. The number of methoxy groups -OCH3 is 1. The van der Waals surface area contributed by atoms with Crippen LogP contribution in [0.2, 0.25) is 0 Å². The molecule has 0 atom stereocenters. The topological polar surface area (TPSA) is 27.7 Å². The van der Waals surface area contributed by atoms with Crippen LogP contribution in [0, 0.1) is 0 Å². The highest BCUT2D eigenvalue weighted by Crippen LogP contribution is 2.60. The Labute approximate surface area is 216 Å². The van der Waals surface area contributed by atoms with Gasteiger partial charge in [-0.2, -0.15) is 0 Å². The van der Waals surface area contributed by atoms with Crippen molar-refractivity contribution in [3.05, 3.63) is 109 Å². The van der Waals surface area contributed by atoms with Gasteiger partial charge in [0.25, 0.3) is 0 Å². The summed E-state index contributed by atoms with van der Waals surface area (Å²) in [5.74, 6) is 2.13. The van der Waals surface area contributed by atoms with E-state index in [1.807, 2.05) is 19.9 Å². The third-order valence-electron chi connectivity index (χ3n) is 6.08. The molecule has 0 radical (unpaired) electrons. The number of ether oxygens (including phenoxy) is 3. The summed E-state index contributed by atoms with van der Waals surface area (Å²) < 4.78 is 18.5. The Morgan fingerprint density at radius 1 is 0.556 bits per heavy atom. The zero-order valence-corrected chi connectivity index (χ0v) is 22.7. The van der Waals surface area contributed by atoms with Crippen LogP contribution in [-0.2, 0) is 6.16 Å². The fourth-order valence-corrected chi connectivity index (χ4v) is 8.85. The molecule has 0 aliphatic carbocycles. The van der Waals surface area contributed by atoms with Crippen molar-refractivity contribution in [2.45, 2.75) is 46.1 Å². The predicted octanol–water partition coefficient (Wildman–Crippen LogP) is 6.76. The molecular formula is C32H36O3P+. The van der Waals surface area contributed by atoms with Crippen LogP contribution in [0.4, 0.5) is 0 Å². The van der Waals surface area contributed by atoms with Crippen molar-refractivity contribution >= 4 is 23.2 Å². The summed E-state index contributed by atoms with van der Waals surface area (Å²) in [5.41, 5.74) is 1.12. The van der Waals surface area contributed by atoms with Crippen LogP contribution in [0.1, 0.15) is 33.3 Å². The van der Waals surface area contributed by atoms with Gasteiger partial charge < -0.3 is 14.2 Å². The molecule has 0 saturated carbocycles. The van der Waals surface area contributed by atoms with Crippen molar-refractivity contribution in [3.8, 4) is 17.2 Å². The fourth-order valence-electron chi connectivity index (χ4n) is 4.61. The molecule has 0 aliphatic heterocycles. The molecule has 4 aromatic carbocycles. The second-order valence-electron chi connectivity index (χ2n) is 9.39. The minimum absolute atomic E-state index is 0.0109. The maximum Gasteiger partial charge on any atom is 0.204 e. The largest absolute Gasteiger partial charge is 0.493 e. The number of rotatable bonds is 10. The van der Waals surface area contributed by atoms with Crippen molar-refractivity contribution in [2.75, 3.05) is 7.11 Å². The van der Waals surface area contributed by atoms with Crippen LogP contribution in [0.3, 0.4) is 0 Å². The third kappa shape index (κ3) is 5.42. The van der Waals surface area contributed by atoms with Crippen LogP contribution >= 0.6 is 7.26 Å². The van der Waals surface area contributed by atoms with Gasteiger partial charge in [-0.25, -0.2) is 0 Å². The average molecular weight is 500 g/mol. The molecule has 4 heteroatoms. The number of hydrogen-bond acceptors (Lipinski definition) is 3. The summed E-state index contributed by atoms with van der Waals surface area (Å²) in [4.78, 5) is 0. The molecule has 0 N–H and O–H groups in total. The van der Waals surface area contributed by atoms with Gasteiger partial charge in [-0.15, -0.1) is 0 Å². The van der Waals surface area contributed by atoms with Crippen LogP contribution in [0.15, 0.2) is 103 Å². The molecule has 0 fully saturated rings. The van der Waals surface area contributed by atoms with E-state index in [4.69, 9.17) is 14.2 Å². The van der Waals surface area contributed by atoms with E-state index < -0.39 is 7.26 Å². The standard InChI is InChI=1S/C32H36O3P/c1-24(2)34-31-26(21-22-30(33-5)32(31)35-25(3)4)23-36(27-15-9-6-10-16-27,28-17-11-7-12-18-28)29-19-13-8-14-20-29/h6-22,24-25H,23H2,1-5H3/q+1. The average Bonchev–Trinajstić information content (AvgIpc) is 2.90. The quantitative estimate of drug-likeness (QED) is 0.226. The van der Waals surface area contributed by atoms with Crippen LogP contribution in [0.5, 0.6) is 17.2 Å². The maximum atomic E-state index is 6.49. The van der Waals surface area contributed by atoms with Crippen molar-refractivity contribution < 1.29 is 14.2 Å². The van der Waals surface area contributed by atoms with E-state index in [9.17, 15) is 0 Å². The van der Waals surface area contributed by atoms with E-state index >= 15 is 0 Å². The summed E-state index contributed by atoms with van der Waals surface area (Å²) in [7, 11) is -0.422. The second kappa shape index (κ2) is 11.6. The molecule has 0 amide bonds. The predicted molar refractivity (Wildman–Crippen MR) is 153 cm³/mol. The van der Waals surface area contributed by atoms with Crippen molar-refractivity contribution in [1.29, 1.82) is 0 Å². The Bertz CT molecular complexity index is 1140. The summed E-state index contributed by atoms with van der Waals surface area (Å²) in [5, 5.41) is 4.00. The van der Waals surface area contributed by atoms with Gasteiger partial charge in [0.2, 0.25) is 5.75 Å². The van der Waals surface area contributed by atoms with Crippen LogP contribution in [0.25, 0.3) is 0 Å². The Hall–Kier alpha value is -3.29. The fraction of sp³-hybridized carbons (Fsp3) is 0.250. The minimum atomic E-state index is -2.10. The summed E-state index contributed by atoms with van der Waals surface area (Å²) >= 11 is 0. The first-order chi connectivity index (χ1) is 17.5. The van der Waals surface area contributed by atoms with E-state index in [-0.39, 0.29) is 12.2 Å². The zero-order chi connectivity index (χ0) is 25.5. The SMILES string of the molecule is COc1ccc(C[P+](c2ccccc2)(c2ccccc2)c2ccccc2)c(OC(C)C)c1OC(C)C. The van der Waals surface area contributed by atoms with Gasteiger partial charge in [-0.05, 0) is 76.2 Å². The molecule has 4 aromatic rings. The van der Waals surface area contributed by atoms with E-state index in [0.717, 1.165) is 17.5 Å². The van der Waals surface area contributed by atoms with Crippen LogP contribution in [-0.4, -0.2) is 19.3 Å². The Kier molecular flexibility index (Phi) is 8.33. The lowest BCUT2D eigenvalue weighted by Crippen LogP contribution is -2.32. The number of hydrogen-bond donors (Lipinski definition) is 0. The van der Waals surface area contributed by atoms with Gasteiger partial charge >= 0.3 is 0 Å². The van der Waals surface area contributed by atoms with Gasteiger partial charge in [0.15, 0.2) is 11.5 Å². The molecule has 0 saturated heterocycles. The minimum Gasteiger partial charge on any atom is -0.493 e. The molecule has 0 heterocycles. The molecule has 36 heavy (non-hydrogen) atoms. The smallest absolute Gasteiger partial charge is 0.204 e. The Balaban J connectivity index is 2.02. The second-order valence-corrected chi connectivity index (χ2v) is 12.9. The summed E-state index contributed by atoms with van der Waals surface area (Å²) in [6.45, 7) is 8.16. The van der Waals surface area contributed by atoms with Gasteiger partial charge in [0.1, 0.15) is 29.3 Å². The van der Waals surface area contributed by atoms with Gasteiger partial charge in [0.05, 0.1) is 19.3 Å². The molecule has 0 aliphatic rings. The van der Waals surface area contributed by atoms with E-state index in [2.05, 4.69) is 111 Å². The lowest BCUT2D eigenvalue weighted by Gasteiger charge is -2.29. The maximum absolute atomic E-state index is 6.49. The third-order valence-corrected chi connectivity index (χ3v) is 10.4. The van der Waals surface area contributed by atoms with Crippen LogP contribution < -0.4 is 30.1 Å². The summed E-state index contributed by atoms with van der Waals surface area (Å²) in [6.07, 6.45) is 0.773. The molecule has 186 valence electrons. The highest BCUT2D eigenvalue weighted by molar-refractivity contribution is 7.95. The van der Waals surface area contributed by atoms with E-state index in [1.165, 1.54) is 15.9 Å². The Morgan fingerprint density at radius 3 is 1.36 bits per heavy atom. The molecule has 0 bridgehead atoms. The van der Waals surface area contributed by atoms with Crippen molar-refractivity contribution in [3.63, 3.8) is 0 Å². The van der Waals surface area contributed by atoms with Gasteiger partial charge in [-0.1, -0.05) is 54.6 Å². The molecule has 4 rings (SSSR count). The molecule has 0 unspecified atom stereocenters. The zero-order valence-electron chi connectivity index (χ0n) is 21.8. The highest BCUT2D eigenvalue weighted by atomic mass is 31.2. The van der Waals surface area contributed by atoms with Crippen molar-refractivity contribution in [2.24, 2.45) is 0 Å². The van der Waals surface area contributed by atoms with E-state index in [1.54, 1.807) is 7.11 Å². The lowest BCUT2D eigenvalue weighted by molar-refractivity contribution is 0.190. The molecule has 3 nitrogen and oxygen atoms in total. The Morgan fingerprint density at radius 2 is 0.972 bits per heavy atom. The van der Waals surface area contributed by atoms with Gasteiger partial charge in [0, 0.05) is 5.56 Å². The first-order valence-corrected chi connectivity index (χ1v) is 14.5. The highest BCUT2D eigenvalue weighted by Gasteiger charge is 2.46. The van der Waals surface area contributed by atoms with Crippen molar-refractivity contribution in [1.82, 2.24) is 0 Å². The molecule has 0 spiro atoms. The van der Waals surface area contributed by atoms with Gasteiger partial charge in [-0.3, -0.25) is 0 Å². The first kappa shape index (κ1) is 25.8. The first-order valence-electron chi connectivity index (χ1n) is 12.5. The monoisotopic (exact) mass is 499 g/mol. The molecular weight excluding hydrogens is 463 g/mol. The van der Waals surface area contributed by atoms with E-state index in [0.29, 0.717) is 11.5 Å². The number of benzene rings is 4. The normalized spacial score (nSPS) is 11.5. The molecule has 0 aromatic heterocycles. The summed E-state index contributed by atoms with van der Waals surface area (Å²) in [6, 6.07) is 36.9.